The molecule has 0 aliphatic heterocycles. The Labute approximate surface area is 57.9 Å². The van der Waals surface area contributed by atoms with Crippen LogP contribution in [0, 0.1) is 6.92 Å². The number of hydrogen-bond donors (Lipinski definition) is 1. The minimum absolute atomic E-state index is 0.0694. The number of aryl methyl sites for hydroxylation is 1. The van der Waals surface area contributed by atoms with Crippen molar-refractivity contribution in [2.45, 2.75) is 25.8 Å². The highest BCUT2D eigenvalue weighted by Crippen LogP contribution is 2.33. The van der Waals surface area contributed by atoms with Crippen LogP contribution >= 0.6 is 0 Å². The predicted molar refractivity (Wildman–Crippen MR) is 35.9 cm³/mol. The van der Waals surface area contributed by atoms with E-state index in [9.17, 15) is 4.79 Å². The Balaban J connectivity index is 2.54. The Morgan fingerprint density at radius 3 is 2.80 bits per heavy atom. The number of H-pyrrole nitrogens is 1. The van der Waals surface area contributed by atoms with Crippen molar-refractivity contribution in [3.05, 3.63) is 16.3 Å². The van der Waals surface area contributed by atoms with Crippen molar-refractivity contribution in [3.63, 3.8) is 0 Å². The summed E-state index contributed by atoms with van der Waals surface area (Å²) in [6.45, 7) is 1.84. The number of nitrogens with zero attached hydrogens (tertiary/aromatic N) is 2. The third-order valence-corrected chi connectivity index (χ3v) is 1.79. The molecule has 10 heavy (non-hydrogen) atoms. The summed E-state index contributed by atoms with van der Waals surface area (Å²) in [4.78, 5) is 11.0. The SMILES string of the molecule is Cc1n[nH]c(=O)n1C1CC1. The van der Waals surface area contributed by atoms with E-state index in [4.69, 9.17) is 0 Å². The fourth-order valence-electron chi connectivity index (χ4n) is 1.15. The normalized spacial score (nSPS) is 17.7. The summed E-state index contributed by atoms with van der Waals surface area (Å²) in [5.74, 6) is 0.799. The van der Waals surface area contributed by atoms with E-state index in [1.165, 1.54) is 0 Å². The fourth-order valence-corrected chi connectivity index (χ4v) is 1.15. The van der Waals surface area contributed by atoms with Gasteiger partial charge in [0.25, 0.3) is 0 Å². The zero-order valence-corrected chi connectivity index (χ0v) is 5.79. The smallest absolute Gasteiger partial charge is 0.276 e. The monoisotopic (exact) mass is 139 g/mol. The molecular formula is C6H9N3O. The van der Waals surface area contributed by atoms with Gasteiger partial charge >= 0.3 is 5.69 Å². The average molecular weight is 139 g/mol. The van der Waals surface area contributed by atoms with Crippen LogP contribution in [-0.2, 0) is 0 Å². The summed E-state index contributed by atoms with van der Waals surface area (Å²) >= 11 is 0. The first-order valence-corrected chi connectivity index (χ1v) is 3.42. The lowest BCUT2D eigenvalue weighted by Crippen LogP contribution is -2.16. The van der Waals surface area contributed by atoms with Crippen molar-refractivity contribution < 1.29 is 0 Å². The summed E-state index contributed by atoms with van der Waals surface area (Å²) in [7, 11) is 0. The van der Waals surface area contributed by atoms with E-state index < -0.39 is 0 Å². The Bertz CT molecular complexity index is 294. The van der Waals surface area contributed by atoms with Crippen molar-refractivity contribution in [1.29, 1.82) is 0 Å². The number of aromatic amines is 1. The van der Waals surface area contributed by atoms with Gasteiger partial charge in [-0.25, -0.2) is 9.89 Å². The van der Waals surface area contributed by atoms with Crippen LogP contribution in [0.2, 0.25) is 0 Å². The maximum absolute atomic E-state index is 11.0. The summed E-state index contributed by atoms with van der Waals surface area (Å²) in [5, 5.41) is 6.22. The van der Waals surface area contributed by atoms with E-state index in [1.54, 1.807) is 4.57 Å². The van der Waals surface area contributed by atoms with E-state index in [0.29, 0.717) is 6.04 Å². The van der Waals surface area contributed by atoms with Crippen molar-refractivity contribution in [1.82, 2.24) is 14.8 Å². The van der Waals surface area contributed by atoms with Crippen LogP contribution in [-0.4, -0.2) is 14.8 Å². The molecule has 0 bridgehead atoms. The first-order valence-electron chi connectivity index (χ1n) is 3.42. The lowest BCUT2D eigenvalue weighted by molar-refractivity contribution is 0.685. The summed E-state index contributed by atoms with van der Waals surface area (Å²) in [6, 6.07) is 0.436. The number of hydrogen-bond acceptors (Lipinski definition) is 2. The van der Waals surface area contributed by atoms with Crippen LogP contribution in [0.1, 0.15) is 24.7 Å². The van der Waals surface area contributed by atoms with Crippen LogP contribution in [0.15, 0.2) is 4.79 Å². The molecule has 1 aromatic heterocycles. The molecule has 1 saturated carbocycles. The lowest BCUT2D eigenvalue weighted by atomic mass is 10.6. The third-order valence-electron chi connectivity index (χ3n) is 1.79. The van der Waals surface area contributed by atoms with Gasteiger partial charge in [0.1, 0.15) is 5.82 Å². The molecule has 4 nitrogen and oxygen atoms in total. The van der Waals surface area contributed by atoms with Crippen LogP contribution in [0.3, 0.4) is 0 Å². The predicted octanol–water partition coefficient (Wildman–Crippen LogP) is 0.215. The molecule has 1 heterocycles. The highest BCUT2D eigenvalue weighted by Gasteiger charge is 2.26. The van der Waals surface area contributed by atoms with Crippen molar-refractivity contribution in [2.24, 2.45) is 0 Å². The van der Waals surface area contributed by atoms with Gasteiger partial charge in [-0.15, -0.1) is 0 Å². The third kappa shape index (κ3) is 0.683. The van der Waals surface area contributed by atoms with Gasteiger partial charge in [0.05, 0.1) is 0 Å². The second kappa shape index (κ2) is 1.71. The highest BCUT2D eigenvalue weighted by atomic mass is 16.1. The van der Waals surface area contributed by atoms with Gasteiger partial charge in [-0.2, -0.15) is 5.10 Å². The molecule has 1 aliphatic carbocycles. The molecule has 0 amide bonds. The Hall–Kier alpha value is -1.06. The van der Waals surface area contributed by atoms with Crippen LogP contribution < -0.4 is 5.69 Å². The molecule has 2 rings (SSSR count). The molecule has 1 aromatic rings. The molecule has 54 valence electrons. The zero-order chi connectivity index (χ0) is 7.14. The quantitative estimate of drug-likeness (QED) is 0.604. The molecule has 0 aromatic carbocycles. The lowest BCUT2D eigenvalue weighted by Gasteiger charge is -1.95. The van der Waals surface area contributed by atoms with E-state index in [2.05, 4.69) is 10.2 Å². The maximum Gasteiger partial charge on any atom is 0.343 e. The van der Waals surface area contributed by atoms with Gasteiger partial charge in [-0.3, -0.25) is 4.57 Å². The molecule has 1 aliphatic rings. The topological polar surface area (TPSA) is 50.7 Å². The van der Waals surface area contributed by atoms with Crippen LogP contribution in [0.5, 0.6) is 0 Å². The largest absolute Gasteiger partial charge is 0.343 e. The molecule has 0 saturated heterocycles. The standard InChI is InChI=1S/C6H9N3O/c1-4-7-8-6(10)9(4)5-2-3-5/h5H,2-3H2,1H3,(H,8,10). The van der Waals surface area contributed by atoms with Crippen molar-refractivity contribution in [3.8, 4) is 0 Å². The Kier molecular flexibility index (Phi) is 0.977. The van der Waals surface area contributed by atoms with Crippen LogP contribution in [0.25, 0.3) is 0 Å². The minimum atomic E-state index is -0.0694. The highest BCUT2D eigenvalue weighted by molar-refractivity contribution is 4.92. The van der Waals surface area contributed by atoms with Gasteiger partial charge in [0, 0.05) is 6.04 Å². The summed E-state index contributed by atoms with van der Waals surface area (Å²) in [5.41, 5.74) is -0.0694. The van der Waals surface area contributed by atoms with Gasteiger partial charge in [0.2, 0.25) is 0 Å². The molecule has 1 fully saturated rings. The van der Waals surface area contributed by atoms with Crippen molar-refractivity contribution in [2.75, 3.05) is 0 Å². The van der Waals surface area contributed by atoms with E-state index >= 15 is 0 Å². The first-order chi connectivity index (χ1) is 4.79. The molecule has 0 unspecified atom stereocenters. The number of rotatable bonds is 1. The second-order valence-corrected chi connectivity index (χ2v) is 2.68. The number of aromatic nitrogens is 3. The van der Waals surface area contributed by atoms with E-state index in [0.717, 1.165) is 18.7 Å². The summed E-state index contributed by atoms with van der Waals surface area (Å²) < 4.78 is 1.72. The van der Waals surface area contributed by atoms with Gasteiger partial charge in [-0.1, -0.05) is 0 Å². The number of nitrogens with one attached hydrogen (secondary N) is 1. The molecule has 0 radical (unpaired) electrons. The van der Waals surface area contributed by atoms with Gasteiger partial charge in [-0.05, 0) is 19.8 Å². The Morgan fingerprint density at radius 1 is 1.70 bits per heavy atom. The maximum atomic E-state index is 11.0. The second-order valence-electron chi connectivity index (χ2n) is 2.68. The molecular weight excluding hydrogens is 130 g/mol. The summed E-state index contributed by atoms with van der Waals surface area (Å²) in [6.07, 6.45) is 2.25. The van der Waals surface area contributed by atoms with Gasteiger partial charge < -0.3 is 0 Å². The van der Waals surface area contributed by atoms with E-state index in [1.807, 2.05) is 6.92 Å². The fraction of sp³-hybridized carbons (Fsp3) is 0.667. The minimum Gasteiger partial charge on any atom is -0.276 e. The Morgan fingerprint density at radius 2 is 2.40 bits per heavy atom. The zero-order valence-electron chi connectivity index (χ0n) is 5.79. The van der Waals surface area contributed by atoms with E-state index in [-0.39, 0.29) is 5.69 Å². The molecule has 4 heteroatoms. The van der Waals surface area contributed by atoms with Crippen LogP contribution in [0.4, 0.5) is 0 Å². The van der Waals surface area contributed by atoms with Gasteiger partial charge in [0.15, 0.2) is 0 Å². The molecule has 0 atom stereocenters. The molecule has 1 N–H and O–H groups in total. The molecule has 0 spiro atoms. The first kappa shape index (κ1) is 5.70. The average Bonchev–Trinajstić information content (AvgIpc) is 2.64. The van der Waals surface area contributed by atoms with Crippen molar-refractivity contribution >= 4 is 0 Å².